The van der Waals surface area contributed by atoms with E-state index in [9.17, 15) is 9.59 Å². The first-order valence-corrected chi connectivity index (χ1v) is 8.20. The fourth-order valence-electron chi connectivity index (χ4n) is 3.12. The number of nitrogens with two attached hydrogens (primary N) is 1. The van der Waals surface area contributed by atoms with Crippen LogP contribution < -0.4 is 15.4 Å². The zero-order chi connectivity index (χ0) is 16.2. The molecule has 0 radical (unpaired) electrons. The molecule has 2 N–H and O–H groups in total. The van der Waals surface area contributed by atoms with Crippen molar-refractivity contribution < 1.29 is 14.3 Å². The second-order valence-corrected chi connectivity index (χ2v) is 6.17. The maximum Gasteiger partial charge on any atom is 0.260 e. The molecule has 2 saturated heterocycles. The number of nitrogens with zero attached hydrogens (tertiary/aromatic N) is 2. The number of piperidine rings is 1. The second-order valence-electron chi connectivity index (χ2n) is 6.17. The van der Waals surface area contributed by atoms with E-state index in [0.717, 1.165) is 38.0 Å². The molecule has 6 nitrogen and oxygen atoms in total. The summed E-state index contributed by atoms with van der Waals surface area (Å²) in [5.41, 5.74) is 6.77. The van der Waals surface area contributed by atoms with Crippen molar-refractivity contribution in [3.63, 3.8) is 0 Å². The number of carbonyl (C=O) groups excluding carboxylic acids is 2. The van der Waals surface area contributed by atoms with E-state index in [4.69, 9.17) is 10.5 Å². The summed E-state index contributed by atoms with van der Waals surface area (Å²) in [7, 11) is 0. The molecule has 1 aromatic rings. The third kappa shape index (κ3) is 3.82. The smallest absolute Gasteiger partial charge is 0.260 e. The number of carbonyl (C=O) groups is 2. The summed E-state index contributed by atoms with van der Waals surface area (Å²) in [6, 6.07) is 7.40. The van der Waals surface area contributed by atoms with Gasteiger partial charge in [-0.2, -0.15) is 0 Å². The number of anilines is 1. The van der Waals surface area contributed by atoms with E-state index in [2.05, 4.69) is 0 Å². The van der Waals surface area contributed by atoms with Gasteiger partial charge in [-0.05, 0) is 43.5 Å². The highest BCUT2D eigenvalue weighted by Crippen LogP contribution is 2.24. The Balaban J connectivity index is 1.52. The lowest BCUT2D eigenvalue weighted by Crippen LogP contribution is -2.47. The summed E-state index contributed by atoms with van der Waals surface area (Å²) in [4.78, 5) is 27.4. The molecule has 1 aromatic carbocycles. The topological polar surface area (TPSA) is 75.9 Å². The Morgan fingerprint density at radius 3 is 2.65 bits per heavy atom. The number of ether oxygens (including phenoxy) is 1. The highest BCUT2D eigenvalue weighted by Gasteiger charge is 2.22. The van der Waals surface area contributed by atoms with Crippen LogP contribution in [-0.2, 0) is 9.59 Å². The first kappa shape index (κ1) is 15.8. The molecule has 6 heteroatoms. The SMILES string of the molecule is NC1CCCN(C(=O)COc2ccc(N3CCCC3=O)cc2)C1. The Morgan fingerprint density at radius 1 is 1.22 bits per heavy atom. The minimum absolute atomic E-state index is 0.0225. The van der Waals surface area contributed by atoms with Gasteiger partial charge in [0.25, 0.3) is 5.91 Å². The Labute approximate surface area is 136 Å². The molecule has 124 valence electrons. The van der Waals surface area contributed by atoms with E-state index >= 15 is 0 Å². The van der Waals surface area contributed by atoms with Gasteiger partial charge in [-0.3, -0.25) is 9.59 Å². The lowest BCUT2D eigenvalue weighted by Gasteiger charge is -2.30. The zero-order valence-electron chi connectivity index (χ0n) is 13.2. The van der Waals surface area contributed by atoms with E-state index < -0.39 is 0 Å². The Morgan fingerprint density at radius 2 is 2.00 bits per heavy atom. The van der Waals surface area contributed by atoms with Crippen molar-refractivity contribution in [3.05, 3.63) is 24.3 Å². The van der Waals surface area contributed by atoms with Gasteiger partial charge in [0.05, 0.1) is 0 Å². The second kappa shape index (κ2) is 7.00. The van der Waals surface area contributed by atoms with E-state index in [1.807, 2.05) is 12.1 Å². The van der Waals surface area contributed by atoms with Crippen molar-refractivity contribution in [1.82, 2.24) is 4.90 Å². The minimum atomic E-state index is -0.0288. The molecule has 2 aliphatic rings. The molecule has 0 saturated carbocycles. The van der Waals surface area contributed by atoms with Crippen LogP contribution in [-0.4, -0.2) is 49.0 Å². The fourth-order valence-corrected chi connectivity index (χ4v) is 3.12. The lowest BCUT2D eigenvalue weighted by atomic mass is 10.1. The van der Waals surface area contributed by atoms with Crippen molar-refractivity contribution in [2.45, 2.75) is 31.7 Å². The Hall–Kier alpha value is -2.08. The average molecular weight is 317 g/mol. The molecular weight excluding hydrogens is 294 g/mol. The van der Waals surface area contributed by atoms with Crippen LogP contribution in [0.2, 0.25) is 0 Å². The molecule has 1 unspecified atom stereocenters. The van der Waals surface area contributed by atoms with Gasteiger partial charge in [0.15, 0.2) is 6.61 Å². The Bertz CT molecular complexity index is 573. The predicted octanol–water partition coefficient (Wildman–Crippen LogP) is 1.14. The summed E-state index contributed by atoms with van der Waals surface area (Å²) in [6.45, 7) is 2.16. The number of hydrogen-bond donors (Lipinski definition) is 1. The maximum atomic E-state index is 12.1. The van der Waals surface area contributed by atoms with Crippen LogP contribution in [0, 0.1) is 0 Å². The van der Waals surface area contributed by atoms with Crippen molar-refractivity contribution in [1.29, 1.82) is 0 Å². The third-order valence-corrected chi connectivity index (χ3v) is 4.39. The molecule has 2 amide bonds. The number of likely N-dealkylation sites (tertiary alicyclic amines) is 1. The molecule has 0 aliphatic carbocycles. The maximum absolute atomic E-state index is 12.1. The van der Waals surface area contributed by atoms with Crippen LogP contribution >= 0.6 is 0 Å². The van der Waals surface area contributed by atoms with Crippen molar-refractivity contribution in [2.75, 3.05) is 31.1 Å². The molecule has 0 bridgehead atoms. The molecule has 2 heterocycles. The van der Waals surface area contributed by atoms with Crippen LogP contribution in [0.5, 0.6) is 5.75 Å². The molecule has 2 fully saturated rings. The molecule has 0 aromatic heterocycles. The minimum Gasteiger partial charge on any atom is -0.484 e. The van der Waals surface area contributed by atoms with Crippen LogP contribution in [0.4, 0.5) is 5.69 Å². The van der Waals surface area contributed by atoms with E-state index in [-0.39, 0.29) is 24.5 Å². The molecule has 0 spiro atoms. The number of amides is 2. The van der Waals surface area contributed by atoms with Gasteiger partial charge in [-0.1, -0.05) is 0 Å². The first-order chi connectivity index (χ1) is 11.1. The molecule has 1 atom stereocenters. The molecule has 3 rings (SSSR count). The quantitative estimate of drug-likeness (QED) is 0.903. The molecule has 23 heavy (non-hydrogen) atoms. The van der Waals surface area contributed by atoms with Gasteiger partial charge in [-0.25, -0.2) is 0 Å². The van der Waals surface area contributed by atoms with Crippen molar-refractivity contribution >= 4 is 17.5 Å². The van der Waals surface area contributed by atoms with Crippen molar-refractivity contribution in [3.8, 4) is 5.75 Å². The van der Waals surface area contributed by atoms with Gasteiger partial charge in [0, 0.05) is 37.8 Å². The third-order valence-electron chi connectivity index (χ3n) is 4.39. The highest BCUT2D eigenvalue weighted by atomic mass is 16.5. The first-order valence-electron chi connectivity index (χ1n) is 8.20. The average Bonchev–Trinajstić information content (AvgIpc) is 2.99. The van der Waals surface area contributed by atoms with Gasteiger partial charge in [0.2, 0.25) is 5.91 Å². The van der Waals surface area contributed by atoms with Crippen LogP contribution in [0.1, 0.15) is 25.7 Å². The summed E-state index contributed by atoms with van der Waals surface area (Å²) >= 11 is 0. The largest absolute Gasteiger partial charge is 0.484 e. The van der Waals surface area contributed by atoms with Crippen LogP contribution in [0.3, 0.4) is 0 Å². The van der Waals surface area contributed by atoms with Crippen LogP contribution in [0.15, 0.2) is 24.3 Å². The van der Waals surface area contributed by atoms with Gasteiger partial charge >= 0.3 is 0 Å². The summed E-state index contributed by atoms with van der Waals surface area (Å²) in [5, 5.41) is 0. The number of rotatable bonds is 4. The predicted molar refractivity (Wildman–Crippen MR) is 87.3 cm³/mol. The lowest BCUT2D eigenvalue weighted by molar-refractivity contribution is -0.134. The van der Waals surface area contributed by atoms with Gasteiger partial charge < -0.3 is 20.3 Å². The summed E-state index contributed by atoms with van der Waals surface area (Å²) < 4.78 is 5.57. The zero-order valence-corrected chi connectivity index (χ0v) is 13.2. The van der Waals surface area contributed by atoms with Crippen LogP contribution in [0.25, 0.3) is 0 Å². The normalized spacial score (nSPS) is 21.6. The van der Waals surface area contributed by atoms with E-state index in [0.29, 0.717) is 18.7 Å². The van der Waals surface area contributed by atoms with E-state index in [1.54, 1.807) is 21.9 Å². The fraction of sp³-hybridized carbons (Fsp3) is 0.529. The summed E-state index contributed by atoms with van der Waals surface area (Å²) in [6.07, 6.45) is 3.45. The van der Waals surface area contributed by atoms with Crippen molar-refractivity contribution in [2.24, 2.45) is 5.73 Å². The van der Waals surface area contributed by atoms with Gasteiger partial charge in [0.1, 0.15) is 5.75 Å². The highest BCUT2D eigenvalue weighted by molar-refractivity contribution is 5.95. The Kier molecular flexibility index (Phi) is 4.81. The standard InChI is InChI=1S/C17H23N3O3/c18-13-3-1-9-19(11-13)17(22)12-23-15-7-5-14(6-8-15)20-10-2-4-16(20)21/h5-8,13H,1-4,9-12,18H2. The number of benzene rings is 1. The molecular formula is C17H23N3O3. The van der Waals surface area contributed by atoms with Gasteiger partial charge in [-0.15, -0.1) is 0 Å². The van der Waals surface area contributed by atoms with E-state index in [1.165, 1.54) is 0 Å². The summed E-state index contributed by atoms with van der Waals surface area (Å²) in [5.74, 6) is 0.768. The number of hydrogen-bond acceptors (Lipinski definition) is 4. The monoisotopic (exact) mass is 317 g/mol. The molecule has 2 aliphatic heterocycles.